The van der Waals surface area contributed by atoms with Gasteiger partial charge in [-0.3, -0.25) is 9.59 Å². The predicted molar refractivity (Wildman–Crippen MR) is 130 cm³/mol. The number of hydrogen-bond donors (Lipinski definition) is 0. The molecule has 5 aliphatic rings. The van der Waals surface area contributed by atoms with Crippen LogP contribution < -0.4 is 0 Å². The molecule has 9 atom stereocenters. The lowest BCUT2D eigenvalue weighted by Crippen LogP contribution is -2.69. The van der Waals surface area contributed by atoms with E-state index in [0.717, 1.165) is 5.57 Å². The van der Waals surface area contributed by atoms with Crippen molar-refractivity contribution in [2.24, 2.45) is 22.7 Å². The van der Waals surface area contributed by atoms with Crippen LogP contribution in [0, 0.1) is 22.7 Å². The monoisotopic (exact) mass is 554 g/mol. The molecule has 0 bridgehead atoms. The summed E-state index contributed by atoms with van der Waals surface area (Å²) in [5.41, 5.74) is -1.96. The number of hydrogen-bond acceptors (Lipinski definition) is 4. The topological polar surface area (TPSA) is 52.6 Å². The molecule has 0 aromatic heterocycles. The Bertz CT molecular complexity index is 993. The molecule has 0 aromatic carbocycles. The molecule has 0 N–H and O–H groups in total. The van der Waals surface area contributed by atoms with Crippen molar-refractivity contribution in [1.82, 2.24) is 0 Å². The van der Waals surface area contributed by atoms with Gasteiger partial charge in [0.2, 0.25) is 5.78 Å². The summed E-state index contributed by atoms with van der Waals surface area (Å²) in [7, 11) is 0. The lowest BCUT2D eigenvalue weighted by molar-refractivity contribution is -0.211. The molecule has 0 unspecified atom stereocenters. The molecule has 182 valence electrons. The minimum atomic E-state index is -1.34. The van der Waals surface area contributed by atoms with Gasteiger partial charge in [0.1, 0.15) is 0 Å². The van der Waals surface area contributed by atoms with Gasteiger partial charge in [0.25, 0.3) is 0 Å². The van der Waals surface area contributed by atoms with Gasteiger partial charge in [-0.2, -0.15) is 0 Å². The smallest absolute Gasteiger partial charge is 0.200 e. The Balaban J connectivity index is 1.67. The van der Waals surface area contributed by atoms with Gasteiger partial charge in [0.15, 0.2) is 22.0 Å². The Morgan fingerprint density at radius 2 is 1.79 bits per heavy atom. The van der Waals surface area contributed by atoms with E-state index in [1.54, 1.807) is 26.0 Å². The number of rotatable bonds is 2. The Labute approximate surface area is 219 Å². The summed E-state index contributed by atoms with van der Waals surface area (Å²) in [4.78, 5) is 23.6. The molecule has 0 aromatic rings. The molecule has 1 aliphatic heterocycles. The third kappa shape index (κ3) is 2.92. The van der Waals surface area contributed by atoms with Gasteiger partial charge in [-0.25, -0.2) is 0 Å². The van der Waals surface area contributed by atoms with Gasteiger partial charge in [0, 0.05) is 10.8 Å². The molecule has 5 rings (SSSR count). The zero-order valence-corrected chi connectivity index (χ0v) is 22.6. The van der Waals surface area contributed by atoms with Crippen molar-refractivity contribution >= 4 is 69.6 Å². The number of halogens is 5. The number of ether oxygens (including phenoxy) is 2. The van der Waals surface area contributed by atoms with Crippen molar-refractivity contribution < 1.29 is 19.1 Å². The standard InChI is InChI=1S/C24H27Cl5O4/c1-20(2)32-17-9-12-13-8-15(25)14-7-11(30)5-6-21(14,3)23(13,29)16(26)10-22(12,4)24(17,33-20)18(31)19(27)28/h5-7,12-13,15-17,19H,8-10H2,1-4H3/t12-,13-,15-,16-,17+,21-,22-,23-,24-/m0/s1. The van der Waals surface area contributed by atoms with Crippen molar-refractivity contribution in [3.8, 4) is 0 Å². The molecular weight excluding hydrogens is 530 g/mol. The highest BCUT2D eigenvalue weighted by Crippen LogP contribution is 2.74. The molecular formula is C24H27Cl5O4. The second-order valence-corrected chi connectivity index (χ2v) is 13.8. The average molecular weight is 557 g/mol. The number of ketones is 2. The first-order valence-corrected chi connectivity index (χ1v) is 13.4. The fourth-order valence-corrected chi connectivity index (χ4v) is 9.84. The van der Waals surface area contributed by atoms with Crippen LogP contribution in [0.4, 0.5) is 0 Å². The molecule has 1 heterocycles. The fraction of sp³-hybridized carbons (Fsp3) is 0.750. The molecule has 33 heavy (non-hydrogen) atoms. The average Bonchev–Trinajstić information content (AvgIpc) is 3.11. The minimum Gasteiger partial charge on any atom is -0.344 e. The zero-order chi connectivity index (χ0) is 24.4. The van der Waals surface area contributed by atoms with Crippen LogP contribution in [-0.2, 0) is 19.1 Å². The number of Topliss-reactive ketones (excluding diaryl/α,β-unsaturated/α-hetero) is 1. The quantitative estimate of drug-likeness (QED) is 0.394. The molecule has 0 amide bonds. The Morgan fingerprint density at radius 3 is 2.42 bits per heavy atom. The number of carbonyl (C=O) groups excluding carboxylic acids is 2. The minimum absolute atomic E-state index is 0.0761. The van der Waals surface area contributed by atoms with Crippen molar-refractivity contribution in [3.05, 3.63) is 23.8 Å². The summed E-state index contributed by atoms with van der Waals surface area (Å²) >= 11 is 34.0. The van der Waals surface area contributed by atoms with Crippen LogP contribution >= 0.6 is 58.0 Å². The first-order chi connectivity index (χ1) is 15.1. The summed E-state index contributed by atoms with van der Waals surface area (Å²) in [6.07, 6.45) is 5.96. The van der Waals surface area contributed by atoms with Gasteiger partial charge in [-0.05, 0) is 62.7 Å². The van der Waals surface area contributed by atoms with E-state index in [9.17, 15) is 9.59 Å². The van der Waals surface area contributed by atoms with Gasteiger partial charge in [-0.15, -0.1) is 34.8 Å². The van der Waals surface area contributed by atoms with E-state index >= 15 is 0 Å². The predicted octanol–water partition coefficient (Wildman–Crippen LogP) is 5.96. The van der Waals surface area contributed by atoms with Gasteiger partial charge >= 0.3 is 0 Å². The number of carbonyl (C=O) groups is 2. The van der Waals surface area contributed by atoms with Crippen LogP contribution in [0.15, 0.2) is 23.8 Å². The second kappa shape index (κ2) is 7.37. The lowest BCUT2D eigenvalue weighted by Gasteiger charge is -2.64. The highest BCUT2D eigenvalue weighted by atomic mass is 35.5. The summed E-state index contributed by atoms with van der Waals surface area (Å²) in [5.74, 6) is -1.70. The van der Waals surface area contributed by atoms with E-state index in [0.29, 0.717) is 19.3 Å². The molecule has 1 saturated heterocycles. The van der Waals surface area contributed by atoms with Crippen LogP contribution in [-0.4, -0.2) is 49.5 Å². The maximum Gasteiger partial charge on any atom is 0.200 e. The number of allylic oxidation sites excluding steroid dienone is 4. The first kappa shape index (κ1) is 24.9. The van der Waals surface area contributed by atoms with E-state index in [1.165, 1.54) is 0 Å². The van der Waals surface area contributed by atoms with Crippen molar-refractivity contribution in [2.75, 3.05) is 0 Å². The molecule has 9 heteroatoms. The van der Waals surface area contributed by atoms with E-state index < -0.39 is 49.2 Å². The number of alkyl halides is 5. The third-order valence-electron chi connectivity index (χ3n) is 9.14. The Morgan fingerprint density at radius 1 is 1.12 bits per heavy atom. The van der Waals surface area contributed by atoms with Gasteiger partial charge in [0.05, 0.1) is 21.7 Å². The van der Waals surface area contributed by atoms with Crippen LogP contribution in [0.25, 0.3) is 0 Å². The highest BCUT2D eigenvalue weighted by molar-refractivity contribution is 6.54. The number of fused-ring (bicyclic) bond motifs is 7. The normalized spacial score (nSPS) is 52.1. The molecule has 4 nitrogen and oxygen atoms in total. The summed E-state index contributed by atoms with van der Waals surface area (Å²) in [6.45, 7) is 7.62. The summed E-state index contributed by atoms with van der Waals surface area (Å²) < 4.78 is 12.7. The van der Waals surface area contributed by atoms with E-state index in [4.69, 9.17) is 67.5 Å². The van der Waals surface area contributed by atoms with Gasteiger partial charge in [-0.1, -0.05) is 43.1 Å². The van der Waals surface area contributed by atoms with Crippen molar-refractivity contribution in [1.29, 1.82) is 0 Å². The van der Waals surface area contributed by atoms with E-state index in [-0.39, 0.29) is 23.0 Å². The summed E-state index contributed by atoms with van der Waals surface area (Å²) in [6, 6.07) is 0. The lowest BCUT2D eigenvalue weighted by atomic mass is 9.46. The van der Waals surface area contributed by atoms with Crippen LogP contribution in [0.1, 0.15) is 47.0 Å². The van der Waals surface area contributed by atoms with E-state index in [2.05, 4.69) is 0 Å². The molecule has 4 aliphatic carbocycles. The SMILES string of the molecule is CC1(C)O[C@@H]2C[C@H]3[C@@H]4C[C@H](Cl)C5=CC(=O)C=C[C@]5(C)[C@@]4(Cl)[C@@H](Cl)C[C@]3(C)[C@]2(C(=O)C(Cl)Cl)O1. The molecule has 4 fully saturated rings. The maximum absolute atomic E-state index is 13.6. The summed E-state index contributed by atoms with van der Waals surface area (Å²) in [5, 5.41) is -0.924. The molecule has 0 radical (unpaired) electrons. The van der Waals surface area contributed by atoms with Crippen molar-refractivity contribution in [2.45, 2.75) is 84.9 Å². The van der Waals surface area contributed by atoms with E-state index in [1.807, 2.05) is 19.9 Å². The maximum atomic E-state index is 13.6. The largest absolute Gasteiger partial charge is 0.344 e. The Hall–Kier alpha value is 0.190. The van der Waals surface area contributed by atoms with Crippen LogP contribution in [0.3, 0.4) is 0 Å². The van der Waals surface area contributed by atoms with Crippen LogP contribution in [0.5, 0.6) is 0 Å². The second-order valence-electron chi connectivity index (χ2n) is 11.1. The molecule has 3 saturated carbocycles. The fourth-order valence-electron chi connectivity index (χ4n) is 7.83. The highest BCUT2D eigenvalue weighted by Gasteiger charge is 2.80. The van der Waals surface area contributed by atoms with Crippen molar-refractivity contribution in [3.63, 3.8) is 0 Å². The van der Waals surface area contributed by atoms with Crippen LogP contribution in [0.2, 0.25) is 0 Å². The first-order valence-electron chi connectivity index (χ1n) is 11.3. The zero-order valence-electron chi connectivity index (χ0n) is 18.8. The van der Waals surface area contributed by atoms with Gasteiger partial charge < -0.3 is 9.47 Å². The third-order valence-corrected chi connectivity index (χ3v) is 11.5. The molecule has 0 spiro atoms. The Kier molecular flexibility index (Phi) is 5.55.